The van der Waals surface area contributed by atoms with Gasteiger partial charge in [0, 0.05) is 24.0 Å². The quantitative estimate of drug-likeness (QED) is 0.777. The number of alkyl halides is 1. The summed E-state index contributed by atoms with van der Waals surface area (Å²) in [5.74, 6) is 1.94. The first-order valence-corrected chi connectivity index (χ1v) is 8.13. The highest BCUT2D eigenvalue weighted by atomic mass is 79.9. The predicted octanol–water partition coefficient (Wildman–Crippen LogP) is 3.34. The molecule has 0 aromatic heterocycles. The second-order valence-electron chi connectivity index (χ2n) is 5.37. The second kappa shape index (κ2) is 7.16. The molecule has 0 spiro atoms. The van der Waals surface area contributed by atoms with Gasteiger partial charge in [-0.05, 0) is 30.9 Å². The van der Waals surface area contributed by atoms with Crippen molar-refractivity contribution in [2.24, 2.45) is 5.92 Å². The Morgan fingerprint density at radius 3 is 2.48 bits per heavy atom. The van der Waals surface area contributed by atoms with Crippen molar-refractivity contribution in [1.82, 2.24) is 4.90 Å². The van der Waals surface area contributed by atoms with Crippen molar-refractivity contribution in [3.05, 3.63) is 23.8 Å². The molecule has 1 aromatic rings. The minimum atomic E-state index is 0.0372. The fourth-order valence-electron chi connectivity index (χ4n) is 2.71. The molecule has 4 nitrogen and oxygen atoms in total. The summed E-state index contributed by atoms with van der Waals surface area (Å²) < 4.78 is 10.5. The molecule has 0 bridgehead atoms. The van der Waals surface area contributed by atoms with Gasteiger partial charge in [0.25, 0.3) is 5.91 Å². The largest absolute Gasteiger partial charge is 0.497 e. The summed E-state index contributed by atoms with van der Waals surface area (Å²) in [5, 5.41) is 0. The third-order valence-corrected chi connectivity index (χ3v) is 4.86. The summed E-state index contributed by atoms with van der Waals surface area (Å²) >= 11 is 3.64. The summed E-state index contributed by atoms with van der Waals surface area (Å²) in [7, 11) is 3.17. The van der Waals surface area contributed by atoms with Crippen LogP contribution in [-0.4, -0.2) is 42.9 Å². The lowest BCUT2D eigenvalue weighted by Crippen LogP contribution is -2.40. The second-order valence-corrected chi connectivity index (χ2v) is 6.82. The normalized spacial score (nSPS) is 17.4. The fourth-order valence-corrected chi connectivity index (χ4v) is 3.24. The molecule has 1 aliphatic rings. The molecular formula is C16H22BrNO3. The Morgan fingerprint density at radius 2 is 1.95 bits per heavy atom. The zero-order valence-corrected chi connectivity index (χ0v) is 14.4. The van der Waals surface area contributed by atoms with E-state index in [1.807, 2.05) is 4.90 Å². The molecule has 1 amide bonds. The standard InChI is InChI=1S/C16H22BrNO3/c1-11(17)12-6-8-18(9-7-12)16(19)14-5-4-13(20-2)10-15(14)21-3/h4-5,10-12H,6-9H2,1-3H3. The van der Waals surface area contributed by atoms with Gasteiger partial charge in [0.15, 0.2) is 0 Å². The first-order valence-electron chi connectivity index (χ1n) is 7.22. The van der Waals surface area contributed by atoms with Gasteiger partial charge in [-0.1, -0.05) is 22.9 Å². The molecule has 2 rings (SSSR count). The van der Waals surface area contributed by atoms with Crippen molar-refractivity contribution in [3.8, 4) is 11.5 Å². The van der Waals surface area contributed by atoms with E-state index < -0.39 is 0 Å². The number of piperidine rings is 1. The van der Waals surface area contributed by atoms with E-state index in [1.165, 1.54) is 0 Å². The molecule has 1 heterocycles. The number of hydrogen-bond acceptors (Lipinski definition) is 3. The summed E-state index contributed by atoms with van der Waals surface area (Å²) in [4.78, 5) is 15.1. The van der Waals surface area contributed by atoms with E-state index in [4.69, 9.17) is 9.47 Å². The zero-order chi connectivity index (χ0) is 15.4. The van der Waals surface area contributed by atoms with Crippen LogP contribution in [0.25, 0.3) is 0 Å². The van der Waals surface area contributed by atoms with Crippen molar-refractivity contribution in [2.75, 3.05) is 27.3 Å². The number of likely N-dealkylation sites (tertiary alicyclic amines) is 1. The van der Waals surface area contributed by atoms with Crippen LogP contribution >= 0.6 is 15.9 Å². The molecule has 0 saturated carbocycles. The lowest BCUT2D eigenvalue weighted by molar-refractivity contribution is 0.0688. The monoisotopic (exact) mass is 355 g/mol. The number of carbonyl (C=O) groups excluding carboxylic acids is 1. The Kier molecular flexibility index (Phi) is 5.51. The molecule has 1 aliphatic heterocycles. The Morgan fingerprint density at radius 1 is 1.29 bits per heavy atom. The number of hydrogen-bond donors (Lipinski definition) is 0. The van der Waals surface area contributed by atoms with Crippen molar-refractivity contribution in [3.63, 3.8) is 0 Å². The van der Waals surface area contributed by atoms with Crippen molar-refractivity contribution in [2.45, 2.75) is 24.6 Å². The Balaban J connectivity index is 2.10. The molecule has 116 valence electrons. The lowest BCUT2D eigenvalue weighted by atomic mass is 9.94. The molecule has 5 heteroatoms. The Labute approximate surface area is 134 Å². The van der Waals surface area contributed by atoms with E-state index in [0.29, 0.717) is 27.8 Å². The van der Waals surface area contributed by atoms with E-state index in [1.54, 1.807) is 32.4 Å². The topological polar surface area (TPSA) is 38.8 Å². The van der Waals surface area contributed by atoms with Crippen LogP contribution in [0, 0.1) is 5.92 Å². The molecule has 1 fully saturated rings. The smallest absolute Gasteiger partial charge is 0.257 e. The number of methoxy groups -OCH3 is 2. The third-order valence-electron chi connectivity index (χ3n) is 4.12. The van der Waals surface area contributed by atoms with Gasteiger partial charge in [-0.15, -0.1) is 0 Å². The molecule has 0 aliphatic carbocycles. The minimum Gasteiger partial charge on any atom is -0.497 e. The maximum Gasteiger partial charge on any atom is 0.257 e. The van der Waals surface area contributed by atoms with Gasteiger partial charge in [0.2, 0.25) is 0 Å². The van der Waals surface area contributed by atoms with Crippen LogP contribution < -0.4 is 9.47 Å². The van der Waals surface area contributed by atoms with Gasteiger partial charge in [-0.3, -0.25) is 4.79 Å². The molecule has 1 atom stereocenters. The Hall–Kier alpha value is -1.23. The van der Waals surface area contributed by atoms with E-state index in [2.05, 4.69) is 22.9 Å². The maximum absolute atomic E-state index is 12.6. The lowest BCUT2D eigenvalue weighted by Gasteiger charge is -2.33. The van der Waals surface area contributed by atoms with E-state index in [0.717, 1.165) is 25.9 Å². The van der Waals surface area contributed by atoms with Crippen LogP contribution in [0.3, 0.4) is 0 Å². The van der Waals surface area contributed by atoms with Gasteiger partial charge < -0.3 is 14.4 Å². The SMILES string of the molecule is COc1ccc(C(=O)N2CCC(C(C)Br)CC2)c(OC)c1. The number of nitrogens with zero attached hydrogens (tertiary/aromatic N) is 1. The Bertz CT molecular complexity index is 496. The van der Waals surface area contributed by atoms with Crippen molar-refractivity contribution < 1.29 is 14.3 Å². The van der Waals surface area contributed by atoms with Crippen molar-refractivity contribution >= 4 is 21.8 Å². The highest BCUT2D eigenvalue weighted by Crippen LogP contribution is 2.29. The number of rotatable bonds is 4. The molecular weight excluding hydrogens is 334 g/mol. The van der Waals surface area contributed by atoms with Crippen molar-refractivity contribution in [1.29, 1.82) is 0 Å². The average molecular weight is 356 g/mol. The van der Waals surface area contributed by atoms with Crippen LogP contribution in [0.5, 0.6) is 11.5 Å². The van der Waals surface area contributed by atoms with Gasteiger partial charge in [0.1, 0.15) is 11.5 Å². The minimum absolute atomic E-state index is 0.0372. The fraction of sp³-hybridized carbons (Fsp3) is 0.562. The summed E-state index contributed by atoms with van der Waals surface area (Å²) in [6.07, 6.45) is 2.08. The van der Waals surface area contributed by atoms with Gasteiger partial charge in [0.05, 0.1) is 19.8 Å². The van der Waals surface area contributed by atoms with Crippen LogP contribution in [0.2, 0.25) is 0 Å². The molecule has 1 unspecified atom stereocenters. The van der Waals surface area contributed by atoms with Crippen LogP contribution in [-0.2, 0) is 0 Å². The van der Waals surface area contributed by atoms with Gasteiger partial charge >= 0.3 is 0 Å². The van der Waals surface area contributed by atoms with Crippen LogP contribution in [0.15, 0.2) is 18.2 Å². The first kappa shape index (κ1) is 16.1. The number of amides is 1. The molecule has 1 saturated heterocycles. The van der Waals surface area contributed by atoms with Crippen LogP contribution in [0.1, 0.15) is 30.1 Å². The number of benzene rings is 1. The van der Waals surface area contributed by atoms with E-state index in [-0.39, 0.29) is 5.91 Å². The number of carbonyl (C=O) groups is 1. The third kappa shape index (κ3) is 3.70. The molecule has 0 radical (unpaired) electrons. The zero-order valence-electron chi connectivity index (χ0n) is 12.8. The summed E-state index contributed by atoms with van der Waals surface area (Å²) in [5.41, 5.74) is 0.601. The van der Waals surface area contributed by atoms with Gasteiger partial charge in [-0.25, -0.2) is 0 Å². The molecule has 21 heavy (non-hydrogen) atoms. The first-order chi connectivity index (χ1) is 10.1. The predicted molar refractivity (Wildman–Crippen MR) is 86.6 cm³/mol. The summed E-state index contributed by atoms with van der Waals surface area (Å²) in [6.45, 7) is 3.78. The summed E-state index contributed by atoms with van der Waals surface area (Å²) in [6, 6.07) is 5.32. The molecule has 0 N–H and O–H groups in total. The number of halogens is 1. The maximum atomic E-state index is 12.6. The number of ether oxygens (including phenoxy) is 2. The average Bonchev–Trinajstić information content (AvgIpc) is 2.53. The van der Waals surface area contributed by atoms with Crippen LogP contribution in [0.4, 0.5) is 0 Å². The molecule has 1 aromatic carbocycles. The van der Waals surface area contributed by atoms with E-state index in [9.17, 15) is 4.79 Å². The van der Waals surface area contributed by atoms with E-state index >= 15 is 0 Å². The highest BCUT2D eigenvalue weighted by molar-refractivity contribution is 9.09. The van der Waals surface area contributed by atoms with Gasteiger partial charge in [-0.2, -0.15) is 0 Å². The highest BCUT2D eigenvalue weighted by Gasteiger charge is 2.27.